The maximum absolute atomic E-state index is 14.1. The van der Waals surface area contributed by atoms with Crippen LogP contribution in [0.4, 0.5) is 0 Å². The number of rotatable bonds is 7. The number of carbonyl (C=O) groups is 2. The smallest absolute Gasteiger partial charge is 0.360 e. The number of carboxylic acids is 1. The van der Waals surface area contributed by atoms with E-state index in [1.165, 1.54) is 58.8 Å². The van der Waals surface area contributed by atoms with Gasteiger partial charge < -0.3 is 20.2 Å². The van der Waals surface area contributed by atoms with E-state index in [4.69, 9.17) is 10.6 Å². The molecule has 220 valence electrons. The van der Waals surface area contributed by atoms with Crippen molar-refractivity contribution in [2.45, 2.75) is 114 Å². The lowest BCUT2D eigenvalue weighted by atomic mass is 9.76. The molecule has 6 rings (SSSR count). The van der Waals surface area contributed by atoms with Gasteiger partial charge in [-0.1, -0.05) is 43.0 Å². The molecule has 41 heavy (non-hydrogen) atoms. The zero-order valence-corrected chi connectivity index (χ0v) is 24.0. The summed E-state index contributed by atoms with van der Waals surface area (Å²) in [6, 6.07) is 8.72. The lowest BCUT2D eigenvalue weighted by molar-refractivity contribution is -0.140. The number of benzene rings is 1. The maximum atomic E-state index is 14.1. The van der Waals surface area contributed by atoms with E-state index in [1.54, 1.807) is 10.6 Å². The molecule has 1 aromatic heterocycles. The summed E-state index contributed by atoms with van der Waals surface area (Å²) in [5.74, 6) is -0.578. The zero-order valence-electron chi connectivity index (χ0n) is 24.0. The Morgan fingerprint density at radius 2 is 1.59 bits per heavy atom. The summed E-state index contributed by atoms with van der Waals surface area (Å²) in [6.07, 6.45) is 13.4. The Kier molecular flexibility index (Phi) is 7.38. The molecular formula is C31H41N5O5. The van der Waals surface area contributed by atoms with Crippen molar-refractivity contribution in [3.63, 3.8) is 0 Å². The van der Waals surface area contributed by atoms with Gasteiger partial charge in [-0.25, -0.2) is 9.78 Å². The van der Waals surface area contributed by atoms with Crippen LogP contribution < -0.4 is 11.3 Å². The maximum Gasteiger partial charge on any atom is 0.360 e. The Bertz CT molecular complexity index is 1410. The summed E-state index contributed by atoms with van der Waals surface area (Å²) in [5.41, 5.74) is 3.55. The molecule has 3 N–H and O–H groups in total. The van der Waals surface area contributed by atoms with Crippen LogP contribution in [0.25, 0.3) is 11.0 Å². The fraction of sp³-hybridized carbons (Fsp3) is 0.645. The van der Waals surface area contributed by atoms with Crippen LogP contribution in [0, 0.1) is 11.8 Å². The molecule has 1 amide bonds. The van der Waals surface area contributed by atoms with Gasteiger partial charge in [-0.3, -0.25) is 14.5 Å². The molecule has 0 spiro atoms. The third-order valence-electron chi connectivity index (χ3n) is 10.1. The van der Waals surface area contributed by atoms with Gasteiger partial charge in [0.2, 0.25) is 11.3 Å². The molecule has 2 aliphatic heterocycles. The van der Waals surface area contributed by atoms with Crippen molar-refractivity contribution in [2.75, 3.05) is 0 Å². The fourth-order valence-corrected chi connectivity index (χ4v) is 8.16. The molecule has 2 saturated carbocycles. The Balaban J connectivity index is 1.34. The average molecular weight is 564 g/mol. The van der Waals surface area contributed by atoms with Gasteiger partial charge in [-0.2, -0.15) is 0 Å². The SMILES string of the molecule is CC(C)(O/N=C(\C(=O)O)c1nc2ccccc2n(C2CC3CCC(C2)N3C2CC3CCCCC(C3)C2)c1=O)C(N)=O. The van der Waals surface area contributed by atoms with Gasteiger partial charge in [0.1, 0.15) is 0 Å². The first-order valence-corrected chi connectivity index (χ1v) is 15.2. The first kappa shape index (κ1) is 27.9. The number of primary amides is 1. The molecule has 1 aromatic carbocycles. The van der Waals surface area contributed by atoms with Crippen LogP contribution in [0.3, 0.4) is 0 Å². The predicted molar refractivity (Wildman–Crippen MR) is 155 cm³/mol. The van der Waals surface area contributed by atoms with Crippen molar-refractivity contribution in [3.05, 3.63) is 40.3 Å². The van der Waals surface area contributed by atoms with Gasteiger partial charge in [-0.15, -0.1) is 0 Å². The summed E-state index contributed by atoms with van der Waals surface area (Å²) >= 11 is 0. The third-order valence-corrected chi connectivity index (χ3v) is 10.1. The molecule has 4 atom stereocenters. The molecule has 2 aromatic rings. The van der Waals surface area contributed by atoms with Crippen molar-refractivity contribution in [3.8, 4) is 0 Å². The molecular weight excluding hydrogens is 522 g/mol. The number of hydrogen-bond donors (Lipinski definition) is 2. The molecule has 10 heteroatoms. The number of amides is 1. The van der Waals surface area contributed by atoms with Gasteiger partial charge in [0.25, 0.3) is 11.5 Å². The predicted octanol–water partition coefficient (Wildman–Crippen LogP) is 3.99. The first-order valence-electron chi connectivity index (χ1n) is 15.2. The van der Waals surface area contributed by atoms with Crippen LogP contribution in [0.5, 0.6) is 0 Å². The number of oxime groups is 1. The van der Waals surface area contributed by atoms with Crippen molar-refractivity contribution in [1.82, 2.24) is 14.5 Å². The van der Waals surface area contributed by atoms with Crippen molar-refractivity contribution in [1.29, 1.82) is 0 Å². The second kappa shape index (κ2) is 10.9. The molecule has 2 aliphatic carbocycles. The van der Waals surface area contributed by atoms with E-state index in [2.05, 4.69) is 15.0 Å². The van der Waals surface area contributed by atoms with Crippen LogP contribution in [0.15, 0.2) is 34.2 Å². The molecule has 3 heterocycles. The number of carbonyl (C=O) groups excluding carboxylic acids is 1. The number of piperidine rings is 1. The van der Waals surface area contributed by atoms with Gasteiger partial charge in [0.05, 0.1) is 11.0 Å². The van der Waals surface area contributed by atoms with Crippen molar-refractivity contribution >= 4 is 28.6 Å². The lowest BCUT2D eigenvalue weighted by Crippen LogP contribution is -2.52. The topological polar surface area (TPSA) is 140 Å². The summed E-state index contributed by atoms with van der Waals surface area (Å²) < 4.78 is 1.75. The normalized spacial score (nSPS) is 30.6. The standard InChI is InChI=1S/C31H41N5O5/c1-31(2,30(32)40)41-34-27(29(38)39)26-28(37)36(25-10-6-5-9-24(25)33-26)23-16-20-11-12-21(17-23)35(20)22-14-18-7-3-4-8-19(13-18)15-22/h5-6,9-10,18-23H,3-4,7-8,11-17H2,1-2H3,(H2,32,40)(H,38,39)/b34-27-. The highest BCUT2D eigenvalue weighted by Gasteiger charge is 2.47. The Hall–Kier alpha value is -3.27. The minimum Gasteiger partial charge on any atom is -0.476 e. The van der Waals surface area contributed by atoms with Crippen LogP contribution in [-0.4, -0.2) is 60.9 Å². The number of nitrogens with zero attached hydrogens (tertiary/aromatic N) is 4. The average Bonchev–Trinajstić information content (AvgIpc) is 3.08. The second-order valence-corrected chi connectivity index (χ2v) is 13.2. The third kappa shape index (κ3) is 5.27. The van der Waals surface area contributed by atoms with Crippen LogP contribution >= 0.6 is 0 Å². The number of fused-ring (bicyclic) bond motifs is 5. The monoisotopic (exact) mass is 563 g/mol. The molecule has 4 unspecified atom stereocenters. The Labute approximate surface area is 239 Å². The number of carboxylic acid groups (broad SMARTS) is 1. The lowest BCUT2D eigenvalue weighted by Gasteiger charge is -2.48. The minimum absolute atomic E-state index is 0.0770. The van der Waals surface area contributed by atoms with E-state index in [-0.39, 0.29) is 11.7 Å². The van der Waals surface area contributed by atoms with Crippen LogP contribution in [0.2, 0.25) is 0 Å². The number of nitrogens with two attached hydrogens (primary N) is 1. The highest BCUT2D eigenvalue weighted by atomic mass is 16.7. The molecule has 2 saturated heterocycles. The minimum atomic E-state index is -1.56. The van der Waals surface area contributed by atoms with E-state index in [0.29, 0.717) is 29.2 Å². The van der Waals surface area contributed by atoms with E-state index in [1.807, 2.05) is 18.2 Å². The highest BCUT2D eigenvalue weighted by molar-refractivity contribution is 6.41. The number of hydrogen-bond acceptors (Lipinski definition) is 7. The van der Waals surface area contributed by atoms with E-state index in [0.717, 1.165) is 37.5 Å². The fourth-order valence-electron chi connectivity index (χ4n) is 8.16. The quantitative estimate of drug-likeness (QED) is 0.383. The molecule has 4 bridgehead atoms. The number of para-hydroxylation sites is 2. The van der Waals surface area contributed by atoms with Crippen molar-refractivity contribution < 1.29 is 19.5 Å². The highest BCUT2D eigenvalue weighted by Crippen LogP contribution is 2.48. The summed E-state index contributed by atoms with van der Waals surface area (Å²) in [4.78, 5) is 50.5. The summed E-state index contributed by atoms with van der Waals surface area (Å²) in [5, 5.41) is 13.7. The molecule has 10 nitrogen and oxygen atoms in total. The number of aliphatic carboxylic acids is 1. The Morgan fingerprint density at radius 3 is 2.20 bits per heavy atom. The van der Waals surface area contributed by atoms with Gasteiger partial charge in [0.15, 0.2) is 5.69 Å². The van der Waals surface area contributed by atoms with E-state index >= 15 is 0 Å². The molecule has 4 fully saturated rings. The van der Waals surface area contributed by atoms with E-state index < -0.39 is 28.7 Å². The molecule has 4 aliphatic rings. The van der Waals surface area contributed by atoms with Gasteiger partial charge in [0, 0.05) is 24.2 Å². The van der Waals surface area contributed by atoms with Crippen LogP contribution in [-0.2, 0) is 14.4 Å². The second-order valence-electron chi connectivity index (χ2n) is 13.2. The summed E-state index contributed by atoms with van der Waals surface area (Å²) in [7, 11) is 0. The zero-order chi connectivity index (χ0) is 28.9. The van der Waals surface area contributed by atoms with Gasteiger partial charge >= 0.3 is 5.97 Å². The number of aromatic nitrogens is 2. The van der Waals surface area contributed by atoms with Gasteiger partial charge in [-0.05, 0) is 82.8 Å². The first-order chi connectivity index (χ1) is 19.6. The summed E-state index contributed by atoms with van der Waals surface area (Å²) in [6.45, 7) is 2.77. The van der Waals surface area contributed by atoms with Crippen LogP contribution in [0.1, 0.15) is 96.2 Å². The van der Waals surface area contributed by atoms with E-state index in [9.17, 15) is 19.5 Å². The largest absolute Gasteiger partial charge is 0.476 e. The molecule has 0 radical (unpaired) electrons. The Morgan fingerprint density at radius 1 is 0.951 bits per heavy atom. The van der Waals surface area contributed by atoms with Crippen molar-refractivity contribution in [2.24, 2.45) is 22.7 Å².